The number of anilines is 2. The van der Waals surface area contributed by atoms with E-state index in [0.29, 0.717) is 6.04 Å². The van der Waals surface area contributed by atoms with Gasteiger partial charge < -0.3 is 15.0 Å². The molecule has 1 aromatic heterocycles. The van der Waals surface area contributed by atoms with Crippen LogP contribution in [0.15, 0.2) is 42.6 Å². The molecule has 4 heteroatoms. The molecule has 1 heterocycles. The molecule has 0 aliphatic heterocycles. The van der Waals surface area contributed by atoms with Crippen molar-refractivity contribution in [2.45, 2.75) is 26.4 Å². The van der Waals surface area contributed by atoms with Gasteiger partial charge in [0.05, 0.1) is 7.11 Å². The quantitative estimate of drug-likeness (QED) is 0.883. The van der Waals surface area contributed by atoms with E-state index in [1.807, 2.05) is 48.5 Å². The number of nitrogens with zero attached hydrogens (tertiary/aromatic N) is 2. The minimum absolute atomic E-state index is 0.476. The topological polar surface area (TPSA) is 37.4 Å². The predicted octanol–water partition coefficient (Wildman–Crippen LogP) is 3.36. The molecular formula is C17H23N3O. The van der Waals surface area contributed by atoms with E-state index >= 15 is 0 Å². The number of methoxy groups -OCH3 is 1. The van der Waals surface area contributed by atoms with Crippen molar-refractivity contribution in [1.82, 2.24) is 10.3 Å². The summed E-state index contributed by atoms with van der Waals surface area (Å²) in [7, 11) is 3.68. The first-order valence-electron chi connectivity index (χ1n) is 7.16. The Kier molecular flexibility index (Phi) is 5.17. The van der Waals surface area contributed by atoms with Gasteiger partial charge in [-0.25, -0.2) is 4.98 Å². The van der Waals surface area contributed by atoms with E-state index in [1.54, 1.807) is 7.11 Å². The molecule has 0 fully saturated rings. The van der Waals surface area contributed by atoms with Gasteiger partial charge in [0.2, 0.25) is 0 Å². The highest BCUT2D eigenvalue weighted by molar-refractivity contribution is 5.60. The third-order valence-electron chi connectivity index (χ3n) is 3.31. The van der Waals surface area contributed by atoms with Crippen molar-refractivity contribution in [3.8, 4) is 5.75 Å². The molecule has 0 unspecified atom stereocenters. The lowest BCUT2D eigenvalue weighted by Gasteiger charge is -2.19. The fraction of sp³-hybridized carbons (Fsp3) is 0.353. The summed E-state index contributed by atoms with van der Waals surface area (Å²) in [6.07, 6.45) is 1.92. The van der Waals surface area contributed by atoms with Gasteiger partial charge >= 0.3 is 0 Å². The van der Waals surface area contributed by atoms with Gasteiger partial charge in [-0.2, -0.15) is 0 Å². The summed E-state index contributed by atoms with van der Waals surface area (Å²) >= 11 is 0. The molecule has 2 rings (SSSR count). The maximum atomic E-state index is 5.26. The van der Waals surface area contributed by atoms with Crippen LogP contribution >= 0.6 is 0 Å². The normalized spacial score (nSPS) is 10.7. The number of hydrogen-bond donors (Lipinski definition) is 1. The van der Waals surface area contributed by atoms with E-state index < -0.39 is 0 Å². The van der Waals surface area contributed by atoms with Crippen molar-refractivity contribution in [3.63, 3.8) is 0 Å². The van der Waals surface area contributed by atoms with Crippen LogP contribution in [0.2, 0.25) is 0 Å². The third-order valence-corrected chi connectivity index (χ3v) is 3.31. The molecule has 0 atom stereocenters. The van der Waals surface area contributed by atoms with Crippen LogP contribution in [0.25, 0.3) is 0 Å². The summed E-state index contributed by atoms with van der Waals surface area (Å²) in [5.41, 5.74) is 2.24. The fourth-order valence-corrected chi connectivity index (χ4v) is 1.99. The molecule has 0 saturated carbocycles. The van der Waals surface area contributed by atoms with E-state index in [9.17, 15) is 0 Å². The zero-order valence-corrected chi connectivity index (χ0v) is 13.1. The molecule has 0 aliphatic rings. The second-order valence-electron chi connectivity index (χ2n) is 5.32. The summed E-state index contributed by atoms with van der Waals surface area (Å²) in [6.45, 7) is 5.12. The molecule has 0 amide bonds. The average molecular weight is 285 g/mol. The van der Waals surface area contributed by atoms with Crippen LogP contribution in [0.5, 0.6) is 5.75 Å². The predicted molar refractivity (Wildman–Crippen MR) is 87.3 cm³/mol. The Morgan fingerprint density at radius 3 is 2.67 bits per heavy atom. The van der Waals surface area contributed by atoms with Crippen LogP contribution in [0.1, 0.15) is 19.4 Å². The van der Waals surface area contributed by atoms with Crippen LogP contribution in [-0.4, -0.2) is 25.2 Å². The minimum atomic E-state index is 0.476. The van der Waals surface area contributed by atoms with Gasteiger partial charge in [0.1, 0.15) is 11.6 Å². The molecule has 0 saturated heterocycles. The number of pyridine rings is 1. The molecule has 0 spiro atoms. The fourth-order valence-electron chi connectivity index (χ4n) is 1.99. The van der Waals surface area contributed by atoms with E-state index in [-0.39, 0.29) is 0 Å². The molecule has 0 bridgehead atoms. The van der Waals surface area contributed by atoms with Gasteiger partial charge in [-0.15, -0.1) is 0 Å². The van der Waals surface area contributed by atoms with Gasteiger partial charge in [0, 0.05) is 37.6 Å². The molecule has 21 heavy (non-hydrogen) atoms. The maximum Gasteiger partial charge on any atom is 0.132 e. The lowest BCUT2D eigenvalue weighted by atomic mass is 10.2. The summed E-state index contributed by atoms with van der Waals surface area (Å²) in [6, 6.07) is 12.6. The van der Waals surface area contributed by atoms with Crippen LogP contribution in [0.3, 0.4) is 0 Å². The Morgan fingerprint density at radius 1 is 1.24 bits per heavy atom. The van der Waals surface area contributed by atoms with Gasteiger partial charge in [0.15, 0.2) is 0 Å². The van der Waals surface area contributed by atoms with Crippen molar-refractivity contribution in [2.75, 3.05) is 19.1 Å². The number of rotatable bonds is 6. The molecule has 1 aromatic carbocycles. The van der Waals surface area contributed by atoms with Gasteiger partial charge in [-0.3, -0.25) is 0 Å². The van der Waals surface area contributed by atoms with E-state index in [1.165, 1.54) is 5.56 Å². The van der Waals surface area contributed by atoms with Crippen LogP contribution in [0, 0.1) is 0 Å². The van der Waals surface area contributed by atoms with E-state index in [2.05, 4.69) is 30.2 Å². The first-order chi connectivity index (χ1) is 10.1. The molecule has 0 aliphatic carbocycles. The largest absolute Gasteiger partial charge is 0.497 e. The lowest BCUT2D eigenvalue weighted by molar-refractivity contribution is 0.415. The summed E-state index contributed by atoms with van der Waals surface area (Å²) in [4.78, 5) is 6.58. The Hall–Kier alpha value is -2.07. The minimum Gasteiger partial charge on any atom is -0.497 e. The van der Waals surface area contributed by atoms with Crippen molar-refractivity contribution < 1.29 is 4.74 Å². The third kappa shape index (κ3) is 4.20. The Balaban J connectivity index is 2.10. The second-order valence-corrected chi connectivity index (χ2v) is 5.32. The maximum absolute atomic E-state index is 5.26. The Bertz CT molecular complexity index is 567. The van der Waals surface area contributed by atoms with Gasteiger partial charge in [0.25, 0.3) is 0 Å². The number of ether oxygens (including phenoxy) is 1. The molecule has 4 nitrogen and oxygen atoms in total. The average Bonchev–Trinajstić information content (AvgIpc) is 2.52. The first kappa shape index (κ1) is 15.3. The Labute approximate surface area is 126 Å². The van der Waals surface area contributed by atoms with Crippen molar-refractivity contribution in [2.24, 2.45) is 0 Å². The van der Waals surface area contributed by atoms with Crippen LogP contribution < -0.4 is 15.0 Å². The van der Waals surface area contributed by atoms with Crippen molar-refractivity contribution in [1.29, 1.82) is 0 Å². The smallest absolute Gasteiger partial charge is 0.132 e. The molecular weight excluding hydrogens is 262 g/mol. The van der Waals surface area contributed by atoms with Crippen molar-refractivity contribution >= 4 is 11.5 Å². The number of benzene rings is 1. The van der Waals surface area contributed by atoms with Crippen LogP contribution in [0.4, 0.5) is 11.5 Å². The molecule has 0 radical (unpaired) electrons. The standard InChI is InChI=1S/C17H23N3O/c1-13(2)18-11-14-8-9-17(19-12-14)20(3)15-6-5-7-16(10-15)21-4/h5-10,12-13,18H,11H2,1-4H3. The summed E-state index contributed by atoms with van der Waals surface area (Å²) < 4.78 is 5.26. The number of nitrogens with one attached hydrogen (secondary N) is 1. The van der Waals surface area contributed by atoms with Gasteiger partial charge in [-0.1, -0.05) is 26.0 Å². The summed E-state index contributed by atoms with van der Waals surface area (Å²) in [5.74, 6) is 1.76. The highest BCUT2D eigenvalue weighted by Crippen LogP contribution is 2.25. The second kappa shape index (κ2) is 7.09. The highest BCUT2D eigenvalue weighted by atomic mass is 16.5. The monoisotopic (exact) mass is 285 g/mol. The summed E-state index contributed by atoms with van der Waals surface area (Å²) in [5, 5.41) is 3.39. The SMILES string of the molecule is COc1cccc(N(C)c2ccc(CNC(C)C)cn2)c1. The van der Waals surface area contributed by atoms with E-state index in [4.69, 9.17) is 4.74 Å². The van der Waals surface area contributed by atoms with E-state index in [0.717, 1.165) is 23.8 Å². The zero-order chi connectivity index (χ0) is 15.2. The molecule has 1 N–H and O–H groups in total. The number of aromatic nitrogens is 1. The first-order valence-corrected chi connectivity index (χ1v) is 7.16. The van der Waals surface area contributed by atoms with Crippen molar-refractivity contribution in [3.05, 3.63) is 48.2 Å². The van der Waals surface area contributed by atoms with Crippen LogP contribution in [-0.2, 0) is 6.54 Å². The molecule has 2 aromatic rings. The number of hydrogen-bond acceptors (Lipinski definition) is 4. The lowest BCUT2D eigenvalue weighted by Crippen LogP contribution is -2.22. The Morgan fingerprint density at radius 2 is 2.05 bits per heavy atom. The highest BCUT2D eigenvalue weighted by Gasteiger charge is 2.06. The molecule has 112 valence electrons. The zero-order valence-electron chi connectivity index (χ0n) is 13.1. The van der Waals surface area contributed by atoms with Gasteiger partial charge in [-0.05, 0) is 23.8 Å².